The van der Waals surface area contributed by atoms with E-state index in [0.717, 1.165) is 16.7 Å². The summed E-state index contributed by atoms with van der Waals surface area (Å²) < 4.78 is 17.4. The first-order valence-corrected chi connectivity index (χ1v) is 8.60. The van der Waals surface area contributed by atoms with Crippen LogP contribution in [0.4, 0.5) is 0 Å². The van der Waals surface area contributed by atoms with E-state index in [2.05, 4.69) is 0 Å². The van der Waals surface area contributed by atoms with Gasteiger partial charge in [-0.2, -0.15) is 0 Å². The molecule has 1 atom stereocenters. The van der Waals surface area contributed by atoms with Crippen LogP contribution in [0.5, 0.6) is 5.75 Å². The predicted molar refractivity (Wildman–Crippen MR) is 79.1 cm³/mol. The van der Waals surface area contributed by atoms with Crippen molar-refractivity contribution in [2.75, 3.05) is 0 Å². The molecule has 0 saturated carbocycles. The molecule has 1 heterocycles. The molecule has 2 nitrogen and oxygen atoms in total. The monoisotopic (exact) mass is 310 g/mol. The first-order valence-electron chi connectivity index (χ1n) is 5.62. The van der Waals surface area contributed by atoms with E-state index in [1.165, 1.54) is 5.82 Å². The van der Waals surface area contributed by atoms with Crippen LogP contribution < -0.4 is 4.52 Å². The second-order valence-electron chi connectivity index (χ2n) is 4.16. The minimum atomic E-state index is -3.29. The molecule has 19 heavy (non-hydrogen) atoms. The van der Waals surface area contributed by atoms with Gasteiger partial charge >= 0.3 is 6.72 Å². The summed E-state index contributed by atoms with van der Waals surface area (Å²) in [6.07, 6.45) is 0. The minimum Gasteiger partial charge on any atom is -0.429 e. The molecule has 96 valence electrons. The Bertz CT molecular complexity index is 711. The first kappa shape index (κ1) is 12.8. The van der Waals surface area contributed by atoms with Crippen molar-refractivity contribution >= 4 is 35.1 Å². The van der Waals surface area contributed by atoms with Crippen LogP contribution in [0.25, 0.3) is 5.57 Å². The number of hydrogen-bond donors (Lipinski definition) is 0. The van der Waals surface area contributed by atoms with Gasteiger partial charge in [0.05, 0.1) is 0 Å². The van der Waals surface area contributed by atoms with Crippen LogP contribution in [0.3, 0.4) is 0 Å². The lowest BCUT2D eigenvalue weighted by Crippen LogP contribution is -1.99. The van der Waals surface area contributed by atoms with Crippen molar-refractivity contribution < 1.29 is 9.09 Å². The summed E-state index contributed by atoms with van der Waals surface area (Å²) in [7, 11) is 0. The lowest BCUT2D eigenvalue weighted by molar-refractivity contribution is 0.504. The fourth-order valence-electron chi connectivity index (χ4n) is 2.02. The van der Waals surface area contributed by atoms with Crippen LogP contribution in [-0.4, -0.2) is 0 Å². The fourth-order valence-corrected chi connectivity index (χ4v) is 3.79. The molecule has 0 saturated heterocycles. The number of hydrogen-bond acceptors (Lipinski definition) is 2. The largest absolute Gasteiger partial charge is 0.429 e. The highest BCUT2D eigenvalue weighted by molar-refractivity contribution is 7.88. The van der Waals surface area contributed by atoms with Gasteiger partial charge in [-0.15, -0.1) is 0 Å². The topological polar surface area (TPSA) is 26.3 Å². The normalized spacial score (nSPS) is 21.3. The summed E-state index contributed by atoms with van der Waals surface area (Å²) in [5.41, 5.74) is 2.50. The second kappa shape index (κ2) is 4.72. The van der Waals surface area contributed by atoms with Gasteiger partial charge in [-0.25, -0.2) is 0 Å². The molecule has 3 rings (SSSR count). The molecule has 2 aromatic carbocycles. The molecule has 0 N–H and O–H groups in total. The number of benzene rings is 2. The summed E-state index contributed by atoms with van der Waals surface area (Å²) in [5, 5.41) is 0.593. The zero-order valence-corrected chi connectivity index (χ0v) is 12.1. The summed E-state index contributed by atoms with van der Waals surface area (Å²) in [5.74, 6) is 1.96. The van der Waals surface area contributed by atoms with Gasteiger partial charge in [0.15, 0.2) is 0 Å². The zero-order valence-electron chi connectivity index (χ0n) is 9.72. The van der Waals surface area contributed by atoms with Crippen LogP contribution in [0.1, 0.15) is 11.1 Å². The third-order valence-corrected chi connectivity index (χ3v) is 4.57. The van der Waals surface area contributed by atoms with Crippen molar-refractivity contribution in [1.82, 2.24) is 0 Å². The zero-order chi connectivity index (χ0) is 13.5. The van der Waals surface area contributed by atoms with E-state index in [1.807, 2.05) is 30.3 Å². The van der Waals surface area contributed by atoms with E-state index in [1.54, 1.807) is 18.2 Å². The lowest BCUT2D eigenvalue weighted by Gasteiger charge is -2.22. The van der Waals surface area contributed by atoms with E-state index in [0.29, 0.717) is 10.8 Å². The molecule has 0 bridgehead atoms. The molecule has 0 fully saturated rings. The fraction of sp³-hybridized carbons (Fsp3) is 0. The molecule has 1 unspecified atom stereocenters. The van der Waals surface area contributed by atoms with E-state index >= 15 is 0 Å². The van der Waals surface area contributed by atoms with Crippen LogP contribution in [0.2, 0.25) is 5.02 Å². The maximum atomic E-state index is 12.1. The standard InChI is InChI=1S/C14H9Cl2O2P/c15-11-6-7-14-12(8-11)13(9-19(16,17)18-14)10-4-2-1-3-5-10/h1-9H. The molecule has 0 aromatic heterocycles. The van der Waals surface area contributed by atoms with Crippen LogP contribution in [0, 0.1) is 0 Å². The molecule has 0 amide bonds. The van der Waals surface area contributed by atoms with Crippen LogP contribution in [0.15, 0.2) is 54.3 Å². The minimum absolute atomic E-state index is 0.490. The SMILES string of the molecule is O=P1(Cl)C=C(c2ccccc2)c2cc(Cl)ccc2O1. The average molecular weight is 311 g/mol. The molecule has 2 aromatic rings. The predicted octanol–water partition coefficient (Wildman–Crippen LogP) is 5.55. The van der Waals surface area contributed by atoms with Gasteiger partial charge < -0.3 is 4.52 Å². The first-order chi connectivity index (χ1) is 9.05. The van der Waals surface area contributed by atoms with Crippen molar-refractivity contribution in [2.24, 2.45) is 0 Å². The maximum absolute atomic E-state index is 12.1. The third kappa shape index (κ3) is 2.57. The van der Waals surface area contributed by atoms with Crippen LogP contribution >= 0.6 is 29.6 Å². The number of fused-ring (bicyclic) bond motifs is 1. The van der Waals surface area contributed by atoms with Gasteiger partial charge in [0.25, 0.3) is 0 Å². The van der Waals surface area contributed by atoms with Gasteiger partial charge in [-0.3, -0.25) is 4.57 Å². The number of halogens is 2. The molecule has 0 radical (unpaired) electrons. The third-order valence-electron chi connectivity index (χ3n) is 2.82. The Morgan fingerprint density at radius 2 is 1.79 bits per heavy atom. The highest BCUT2D eigenvalue weighted by Crippen LogP contribution is 2.60. The highest BCUT2D eigenvalue weighted by Gasteiger charge is 2.28. The molecular formula is C14H9Cl2O2P. The van der Waals surface area contributed by atoms with Crippen molar-refractivity contribution in [3.05, 3.63) is 70.5 Å². The van der Waals surface area contributed by atoms with Crippen molar-refractivity contribution in [1.29, 1.82) is 0 Å². The molecule has 1 aliphatic heterocycles. The highest BCUT2D eigenvalue weighted by atomic mass is 35.7. The van der Waals surface area contributed by atoms with Gasteiger partial charge in [0.1, 0.15) is 5.75 Å². The van der Waals surface area contributed by atoms with Gasteiger partial charge in [-0.05, 0) is 35.0 Å². The summed E-state index contributed by atoms with van der Waals surface area (Å²) >= 11 is 11.9. The maximum Gasteiger partial charge on any atom is 0.360 e. The van der Waals surface area contributed by atoms with Gasteiger partial charge in [-0.1, -0.05) is 41.9 Å². The van der Waals surface area contributed by atoms with E-state index in [4.69, 9.17) is 27.4 Å². The molecular weight excluding hydrogens is 302 g/mol. The van der Waals surface area contributed by atoms with Crippen molar-refractivity contribution in [2.45, 2.75) is 0 Å². The summed E-state index contributed by atoms with van der Waals surface area (Å²) in [6, 6.07) is 14.8. The summed E-state index contributed by atoms with van der Waals surface area (Å²) in [4.78, 5) is 0. The summed E-state index contributed by atoms with van der Waals surface area (Å²) in [6.45, 7) is -3.29. The van der Waals surface area contributed by atoms with E-state index in [-0.39, 0.29) is 0 Å². The Hall–Kier alpha value is -1.21. The van der Waals surface area contributed by atoms with Crippen LogP contribution in [-0.2, 0) is 4.57 Å². The van der Waals surface area contributed by atoms with Crippen molar-refractivity contribution in [3.63, 3.8) is 0 Å². The van der Waals surface area contributed by atoms with E-state index < -0.39 is 6.72 Å². The lowest BCUT2D eigenvalue weighted by atomic mass is 9.99. The Morgan fingerprint density at radius 1 is 1.05 bits per heavy atom. The molecule has 0 spiro atoms. The Balaban J connectivity index is 2.24. The Labute approximate surface area is 120 Å². The molecule has 1 aliphatic rings. The molecule has 5 heteroatoms. The Kier molecular flexibility index (Phi) is 3.18. The number of rotatable bonds is 1. The Morgan fingerprint density at radius 3 is 2.53 bits per heavy atom. The smallest absolute Gasteiger partial charge is 0.360 e. The van der Waals surface area contributed by atoms with Gasteiger partial charge in [0, 0.05) is 22.0 Å². The quantitative estimate of drug-likeness (QED) is 0.645. The second-order valence-corrected chi connectivity index (χ2v) is 7.49. The van der Waals surface area contributed by atoms with Gasteiger partial charge in [0.2, 0.25) is 0 Å². The average Bonchev–Trinajstić information content (AvgIpc) is 2.39. The van der Waals surface area contributed by atoms with E-state index in [9.17, 15) is 4.57 Å². The molecule has 0 aliphatic carbocycles. The van der Waals surface area contributed by atoms with Crippen molar-refractivity contribution in [3.8, 4) is 5.75 Å².